The van der Waals surface area contributed by atoms with Gasteiger partial charge in [-0.2, -0.15) is 0 Å². The van der Waals surface area contributed by atoms with Crippen molar-refractivity contribution in [2.75, 3.05) is 39.6 Å². The molecule has 0 saturated carbocycles. The first-order chi connectivity index (χ1) is 48.1. The topological polar surface area (TPSA) is 237 Å². The van der Waals surface area contributed by atoms with E-state index >= 15 is 0 Å². The van der Waals surface area contributed by atoms with Crippen LogP contribution in [0.3, 0.4) is 0 Å². The molecular weight excluding hydrogens is 1290 g/mol. The van der Waals surface area contributed by atoms with E-state index in [0.717, 1.165) is 102 Å². The van der Waals surface area contributed by atoms with E-state index in [2.05, 4.69) is 34.6 Å². The molecule has 0 aliphatic rings. The number of unbranched alkanes of at least 4 members (excludes halogenated alkanes) is 51. The van der Waals surface area contributed by atoms with E-state index in [1.807, 2.05) is 0 Å². The predicted octanol–water partition coefficient (Wildman–Crippen LogP) is 24.0. The number of phosphoric acid groups is 2. The largest absolute Gasteiger partial charge is 0.472 e. The van der Waals surface area contributed by atoms with Gasteiger partial charge in [0.05, 0.1) is 26.4 Å². The Balaban J connectivity index is 5.11. The molecule has 0 aliphatic carbocycles. The molecule has 99 heavy (non-hydrogen) atoms. The third-order valence-electron chi connectivity index (χ3n) is 19.1. The number of aliphatic hydroxyl groups is 1. The second kappa shape index (κ2) is 73.0. The molecule has 0 aromatic heterocycles. The Morgan fingerprint density at radius 3 is 0.717 bits per heavy atom. The van der Waals surface area contributed by atoms with Gasteiger partial charge in [-0.05, 0) is 31.6 Å². The maximum Gasteiger partial charge on any atom is 0.472 e. The molecule has 19 heteroatoms. The number of rotatable bonds is 80. The van der Waals surface area contributed by atoms with Crippen molar-refractivity contribution in [3.63, 3.8) is 0 Å². The minimum atomic E-state index is -4.96. The molecular formula is C80H156O17P2. The van der Waals surface area contributed by atoms with Crippen LogP contribution in [-0.4, -0.2) is 96.7 Å². The van der Waals surface area contributed by atoms with Gasteiger partial charge < -0.3 is 33.8 Å². The third-order valence-corrected chi connectivity index (χ3v) is 21.0. The first-order valence-corrected chi connectivity index (χ1v) is 44.7. The van der Waals surface area contributed by atoms with Gasteiger partial charge >= 0.3 is 39.5 Å². The van der Waals surface area contributed by atoms with Crippen LogP contribution >= 0.6 is 15.6 Å². The minimum Gasteiger partial charge on any atom is -0.462 e. The maximum atomic E-state index is 13.1. The molecule has 0 rings (SSSR count). The predicted molar refractivity (Wildman–Crippen MR) is 405 cm³/mol. The molecule has 0 aliphatic heterocycles. The highest BCUT2D eigenvalue weighted by molar-refractivity contribution is 7.47. The van der Waals surface area contributed by atoms with Gasteiger partial charge in [0.15, 0.2) is 12.2 Å². The average molecular weight is 1450 g/mol. The van der Waals surface area contributed by atoms with Crippen molar-refractivity contribution >= 4 is 39.5 Å². The molecule has 0 spiro atoms. The van der Waals surface area contributed by atoms with Gasteiger partial charge in [0.2, 0.25) is 0 Å². The number of esters is 4. The summed E-state index contributed by atoms with van der Waals surface area (Å²) in [4.78, 5) is 72.6. The summed E-state index contributed by atoms with van der Waals surface area (Å²) >= 11 is 0. The highest BCUT2D eigenvalue weighted by Crippen LogP contribution is 2.45. The fourth-order valence-corrected chi connectivity index (χ4v) is 14.0. The Bertz CT molecular complexity index is 1890. The number of hydrogen-bond donors (Lipinski definition) is 3. The first-order valence-electron chi connectivity index (χ1n) is 41.7. The third kappa shape index (κ3) is 72.8. The lowest BCUT2D eigenvalue weighted by Gasteiger charge is -2.21. The Morgan fingerprint density at radius 2 is 0.485 bits per heavy atom. The van der Waals surface area contributed by atoms with E-state index in [1.54, 1.807) is 0 Å². The lowest BCUT2D eigenvalue weighted by atomic mass is 9.99. The monoisotopic (exact) mass is 1450 g/mol. The summed E-state index contributed by atoms with van der Waals surface area (Å²) < 4.78 is 68.4. The Kier molecular flexibility index (Phi) is 71.6. The Labute approximate surface area is 607 Å². The SMILES string of the molecule is CCCCCCCCCCCCCCCCCCCCCC(=O)OC[C@H](COP(=O)(O)OC[C@@H](O)COP(=O)(O)OC[C@@H](COC(=O)CCCCCCC)OC(=O)CCCCCCCCCCCCCCC)OC(=O)CCCCCCCCCCCCCCCCCCCCC(C)CC. The second-order valence-electron chi connectivity index (χ2n) is 29.1. The van der Waals surface area contributed by atoms with Crippen molar-refractivity contribution in [2.24, 2.45) is 5.92 Å². The van der Waals surface area contributed by atoms with Gasteiger partial charge in [0, 0.05) is 25.7 Å². The van der Waals surface area contributed by atoms with E-state index in [9.17, 15) is 43.2 Å². The zero-order valence-corrected chi connectivity index (χ0v) is 66.4. The summed E-state index contributed by atoms with van der Waals surface area (Å²) in [6.07, 6.45) is 64.3. The summed E-state index contributed by atoms with van der Waals surface area (Å²) in [7, 11) is -9.90. The summed E-state index contributed by atoms with van der Waals surface area (Å²) in [6.45, 7) is 7.30. The number of carbonyl (C=O) groups excluding carboxylic acids is 4. The van der Waals surface area contributed by atoms with Crippen LogP contribution in [0.25, 0.3) is 0 Å². The van der Waals surface area contributed by atoms with Crippen LogP contribution in [0.2, 0.25) is 0 Å². The Hall–Kier alpha value is -1.94. The minimum absolute atomic E-state index is 0.107. The molecule has 0 heterocycles. The standard InChI is InChI=1S/C80H156O17P2/c1-6-10-13-16-18-20-22-24-25-26-27-31-34-38-41-45-49-54-59-64-78(83)91-70-76(97-80(85)66-61-56-51-47-43-39-35-32-29-28-30-33-37-40-44-48-53-57-62-73(5)9-4)72-95-99(88,89)93-68-74(81)67-92-98(86,87)94-71-75(69-90-77(82)63-58-52-15-12-8-3)96-79(84)65-60-55-50-46-42-36-23-21-19-17-14-11-7-2/h73-76,81H,6-72H2,1-5H3,(H,86,87)(H,88,89)/t73?,74-,75+,76+/m0/s1. The molecule has 0 saturated heterocycles. The van der Waals surface area contributed by atoms with Crippen LogP contribution in [0.4, 0.5) is 0 Å². The highest BCUT2D eigenvalue weighted by atomic mass is 31.2. The van der Waals surface area contributed by atoms with Crippen LogP contribution in [0.5, 0.6) is 0 Å². The fourth-order valence-electron chi connectivity index (χ4n) is 12.4. The van der Waals surface area contributed by atoms with Gasteiger partial charge in [0.25, 0.3) is 0 Å². The molecule has 0 fully saturated rings. The van der Waals surface area contributed by atoms with Crippen LogP contribution in [0, 0.1) is 5.92 Å². The summed E-state index contributed by atoms with van der Waals surface area (Å²) in [5, 5.41) is 10.6. The highest BCUT2D eigenvalue weighted by Gasteiger charge is 2.30. The van der Waals surface area contributed by atoms with E-state index in [-0.39, 0.29) is 25.7 Å². The smallest absolute Gasteiger partial charge is 0.462 e. The van der Waals surface area contributed by atoms with Crippen LogP contribution < -0.4 is 0 Å². The molecule has 17 nitrogen and oxygen atoms in total. The summed E-state index contributed by atoms with van der Waals surface area (Å²) in [5.41, 5.74) is 0. The van der Waals surface area contributed by atoms with Crippen molar-refractivity contribution in [1.29, 1.82) is 0 Å². The molecule has 0 bridgehead atoms. The molecule has 0 aromatic rings. The van der Waals surface area contributed by atoms with Gasteiger partial charge in [-0.15, -0.1) is 0 Å². The quantitative estimate of drug-likeness (QED) is 0.0222. The second-order valence-corrected chi connectivity index (χ2v) is 32.0. The van der Waals surface area contributed by atoms with E-state index in [1.165, 1.54) is 244 Å². The molecule has 3 unspecified atom stereocenters. The first kappa shape index (κ1) is 97.1. The van der Waals surface area contributed by atoms with Crippen molar-refractivity contribution < 1.29 is 80.2 Å². The number of ether oxygens (including phenoxy) is 4. The van der Waals surface area contributed by atoms with Gasteiger partial charge in [-0.3, -0.25) is 37.3 Å². The van der Waals surface area contributed by atoms with Crippen molar-refractivity contribution in [3.05, 3.63) is 0 Å². The van der Waals surface area contributed by atoms with Crippen molar-refractivity contribution in [3.8, 4) is 0 Å². The van der Waals surface area contributed by atoms with Crippen molar-refractivity contribution in [2.45, 2.75) is 445 Å². The summed E-state index contributed by atoms with van der Waals surface area (Å²) in [5.74, 6) is -1.25. The van der Waals surface area contributed by atoms with Gasteiger partial charge in [-0.1, -0.05) is 375 Å². The normalized spacial score (nSPS) is 14.1. The average Bonchev–Trinajstić information content (AvgIpc) is 1.35. The van der Waals surface area contributed by atoms with Gasteiger partial charge in [0.1, 0.15) is 19.3 Å². The molecule has 0 radical (unpaired) electrons. The molecule has 0 amide bonds. The molecule has 3 N–H and O–H groups in total. The number of carbonyl (C=O) groups is 4. The Morgan fingerprint density at radius 1 is 0.283 bits per heavy atom. The fraction of sp³-hybridized carbons (Fsp3) is 0.950. The van der Waals surface area contributed by atoms with E-state index in [0.29, 0.717) is 25.7 Å². The van der Waals surface area contributed by atoms with Crippen LogP contribution in [0.1, 0.15) is 426 Å². The summed E-state index contributed by atoms with van der Waals surface area (Å²) in [6, 6.07) is 0. The van der Waals surface area contributed by atoms with Crippen molar-refractivity contribution in [1.82, 2.24) is 0 Å². The maximum absolute atomic E-state index is 13.1. The van der Waals surface area contributed by atoms with E-state index < -0.39 is 97.5 Å². The van der Waals surface area contributed by atoms with Gasteiger partial charge in [-0.25, -0.2) is 9.13 Å². The lowest BCUT2D eigenvalue weighted by Crippen LogP contribution is -2.30. The number of hydrogen-bond acceptors (Lipinski definition) is 15. The molecule has 0 aromatic carbocycles. The molecule has 6 atom stereocenters. The van der Waals surface area contributed by atoms with E-state index in [4.69, 9.17) is 37.0 Å². The number of aliphatic hydroxyl groups excluding tert-OH is 1. The number of phosphoric ester groups is 2. The van der Waals surface area contributed by atoms with Crippen LogP contribution in [0.15, 0.2) is 0 Å². The zero-order chi connectivity index (χ0) is 72.7. The molecule has 588 valence electrons. The zero-order valence-electron chi connectivity index (χ0n) is 64.6. The van der Waals surface area contributed by atoms with Crippen LogP contribution in [-0.2, 0) is 65.4 Å². The lowest BCUT2D eigenvalue weighted by molar-refractivity contribution is -0.161.